The third kappa shape index (κ3) is 3.43. The summed E-state index contributed by atoms with van der Waals surface area (Å²) in [6, 6.07) is 38.7. The number of ether oxygens (including phenoxy) is 1. The summed E-state index contributed by atoms with van der Waals surface area (Å²) in [6.45, 7) is 5.17. The maximum absolute atomic E-state index is 6.75. The molecule has 0 unspecified atom stereocenters. The minimum Gasteiger partial charge on any atom is -0.479 e. The molecule has 0 radical (unpaired) electrons. The predicted molar refractivity (Wildman–Crippen MR) is 139 cm³/mol. The van der Waals surface area contributed by atoms with Gasteiger partial charge in [0.2, 0.25) is 0 Å². The number of fused-ring (bicyclic) bond motifs is 3. The first-order valence-electron chi connectivity index (χ1n) is 11.9. The second-order valence-electron chi connectivity index (χ2n) is 9.08. The van der Waals surface area contributed by atoms with Crippen LogP contribution in [0.5, 0.6) is 5.75 Å². The minimum absolute atomic E-state index is 0.176. The van der Waals surface area contributed by atoms with E-state index in [1.807, 2.05) is 0 Å². The Morgan fingerprint density at radius 3 is 2.09 bits per heavy atom. The molecule has 1 aliphatic rings. The Hall–Kier alpha value is -4.04. The van der Waals surface area contributed by atoms with Crippen molar-refractivity contribution in [2.24, 2.45) is 0 Å². The molecule has 34 heavy (non-hydrogen) atoms. The first-order chi connectivity index (χ1) is 16.7. The lowest BCUT2D eigenvalue weighted by molar-refractivity contribution is 0.234. The van der Waals surface area contributed by atoms with Crippen LogP contribution in [0.4, 0.5) is 0 Å². The van der Waals surface area contributed by atoms with Crippen molar-refractivity contribution >= 4 is 0 Å². The van der Waals surface area contributed by atoms with E-state index >= 15 is 0 Å². The Morgan fingerprint density at radius 1 is 0.706 bits per heavy atom. The molecule has 0 aliphatic carbocycles. The van der Waals surface area contributed by atoms with Crippen LogP contribution in [0.15, 0.2) is 109 Å². The number of hydrogen-bond acceptors (Lipinski definition) is 1. The van der Waals surface area contributed by atoms with Gasteiger partial charge in [-0.1, -0.05) is 109 Å². The fourth-order valence-electron chi connectivity index (χ4n) is 5.21. The van der Waals surface area contributed by atoms with Gasteiger partial charge >= 0.3 is 0 Å². The molecule has 0 fully saturated rings. The third-order valence-corrected chi connectivity index (χ3v) is 6.81. The highest BCUT2D eigenvalue weighted by atomic mass is 16.5. The highest BCUT2D eigenvalue weighted by Crippen LogP contribution is 2.50. The van der Waals surface area contributed by atoms with E-state index in [1.165, 1.54) is 50.3 Å². The number of para-hydroxylation sites is 1. The van der Waals surface area contributed by atoms with Gasteiger partial charge < -0.3 is 9.30 Å². The number of aromatic nitrogens is 1. The summed E-state index contributed by atoms with van der Waals surface area (Å²) in [5.74, 6) is 0.945. The van der Waals surface area contributed by atoms with Gasteiger partial charge in [-0.2, -0.15) is 0 Å². The Balaban J connectivity index is 1.67. The van der Waals surface area contributed by atoms with E-state index in [4.69, 9.17) is 4.74 Å². The monoisotopic (exact) mass is 441 g/mol. The quantitative estimate of drug-likeness (QED) is 0.276. The predicted octanol–water partition coefficient (Wildman–Crippen LogP) is 7.97. The smallest absolute Gasteiger partial charge is 0.164 e. The summed E-state index contributed by atoms with van der Waals surface area (Å²) in [4.78, 5) is 0. The van der Waals surface area contributed by atoms with Crippen molar-refractivity contribution in [3.63, 3.8) is 0 Å². The molecule has 2 heteroatoms. The zero-order valence-electron chi connectivity index (χ0n) is 19.5. The lowest BCUT2D eigenvalue weighted by Crippen LogP contribution is -2.20. The Kier molecular flexibility index (Phi) is 5.07. The Bertz CT molecular complexity index is 1450. The lowest BCUT2D eigenvalue weighted by Gasteiger charge is -2.29. The van der Waals surface area contributed by atoms with Crippen LogP contribution in [-0.4, -0.2) is 4.57 Å². The summed E-state index contributed by atoms with van der Waals surface area (Å²) in [6.07, 6.45) is -0.176. The molecule has 0 N–H and O–H groups in total. The average Bonchev–Trinajstić information content (AvgIpc) is 3.17. The molecule has 0 bridgehead atoms. The van der Waals surface area contributed by atoms with Gasteiger partial charge in [0.1, 0.15) is 5.75 Å². The summed E-state index contributed by atoms with van der Waals surface area (Å²) in [7, 11) is 0. The summed E-state index contributed by atoms with van der Waals surface area (Å²) in [5.41, 5.74) is 11.2. The van der Waals surface area contributed by atoms with Crippen LogP contribution < -0.4 is 4.74 Å². The molecule has 2 heterocycles. The van der Waals surface area contributed by atoms with Crippen molar-refractivity contribution in [1.29, 1.82) is 0 Å². The highest BCUT2D eigenvalue weighted by Gasteiger charge is 2.35. The second-order valence-corrected chi connectivity index (χ2v) is 9.08. The SMILES string of the molecule is Cc1ccc([C@@H]2Oc3ccccc3-c3c(C)c(-c4ccccc4)n(Cc4ccccc4)c32)cc1. The van der Waals surface area contributed by atoms with Crippen molar-refractivity contribution in [3.05, 3.63) is 137 Å². The number of rotatable bonds is 4. The summed E-state index contributed by atoms with van der Waals surface area (Å²) < 4.78 is 9.23. The molecule has 2 nitrogen and oxygen atoms in total. The van der Waals surface area contributed by atoms with Crippen LogP contribution in [0.1, 0.15) is 34.1 Å². The molecule has 1 atom stereocenters. The van der Waals surface area contributed by atoms with E-state index in [2.05, 4.69) is 128 Å². The van der Waals surface area contributed by atoms with Crippen molar-refractivity contribution in [1.82, 2.24) is 4.57 Å². The van der Waals surface area contributed by atoms with Crippen molar-refractivity contribution in [2.45, 2.75) is 26.5 Å². The van der Waals surface area contributed by atoms with Crippen LogP contribution in [-0.2, 0) is 6.54 Å². The standard InChI is InChI=1S/C32H27NO/c1-22-17-19-26(20-18-22)32-31-29(27-15-9-10-16-28(27)34-32)23(2)30(25-13-7-4-8-14-25)33(31)21-24-11-5-3-6-12-24/h3-20,32H,21H2,1-2H3/t32-/m0/s1. The molecule has 166 valence electrons. The zero-order chi connectivity index (χ0) is 23.1. The molecular formula is C32H27NO. The molecule has 1 aliphatic heterocycles. The number of benzene rings is 4. The van der Waals surface area contributed by atoms with Gasteiger partial charge in [0, 0.05) is 17.7 Å². The molecule has 5 aromatic rings. The highest BCUT2D eigenvalue weighted by molar-refractivity contribution is 5.85. The number of hydrogen-bond donors (Lipinski definition) is 0. The van der Waals surface area contributed by atoms with Gasteiger partial charge in [0.05, 0.1) is 11.4 Å². The Morgan fingerprint density at radius 2 is 1.35 bits per heavy atom. The van der Waals surface area contributed by atoms with Gasteiger partial charge in [-0.05, 0) is 42.2 Å². The lowest BCUT2D eigenvalue weighted by atomic mass is 9.92. The molecule has 0 amide bonds. The normalized spacial score (nSPS) is 14.2. The number of aryl methyl sites for hydroxylation is 1. The van der Waals surface area contributed by atoms with E-state index in [9.17, 15) is 0 Å². The first-order valence-corrected chi connectivity index (χ1v) is 11.9. The van der Waals surface area contributed by atoms with Gasteiger partial charge in [-0.15, -0.1) is 0 Å². The molecule has 1 aromatic heterocycles. The van der Waals surface area contributed by atoms with Gasteiger partial charge in [-0.25, -0.2) is 0 Å². The van der Waals surface area contributed by atoms with Gasteiger partial charge in [-0.3, -0.25) is 0 Å². The molecular weight excluding hydrogens is 414 g/mol. The average molecular weight is 442 g/mol. The largest absolute Gasteiger partial charge is 0.479 e. The summed E-state index contributed by atoms with van der Waals surface area (Å²) in [5, 5.41) is 0. The maximum Gasteiger partial charge on any atom is 0.164 e. The van der Waals surface area contributed by atoms with Crippen molar-refractivity contribution in [2.75, 3.05) is 0 Å². The second kappa shape index (κ2) is 8.39. The molecule has 0 spiro atoms. The van der Waals surface area contributed by atoms with E-state index in [-0.39, 0.29) is 6.10 Å². The van der Waals surface area contributed by atoms with Crippen LogP contribution in [0, 0.1) is 13.8 Å². The van der Waals surface area contributed by atoms with Crippen LogP contribution >= 0.6 is 0 Å². The van der Waals surface area contributed by atoms with Gasteiger partial charge in [0.15, 0.2) is 6.10 Å². The summed E-state index contributed by atoms with van der Waals surface area (Å²) >= 11 is 0. The van der Waals surface area contributed by atoms with Crippen molar-refractivity contribution < 1.29 is 4.74 Å². The number of nitrogens with zero attached hydrogens (tertiary/aromatic N) is 1. The molecule has 6 rings (SSSR count). The topological polar surface area (TPSA) is 14.2 Å². The fraction of sp³-hybridized carbons (Fsp3) is 0.125. The molecule has 0 saturated heterocycles. The van der Waals surface area contributed by atoms with E-state index in [0.29, 0.717) is 0 Å². The minimum atomic E-state index is -0.176. The maximum atomic E-state index is 6.75. The Labute approximate surface area is 201 Å². The van der Waals surface area contributed by atoms with E-state index < -0.39 is 0 Å². The van der Waals surface area contributed by atoms with Crippen molar-refractivity contribution in [3.8, 4) is 28.1 Å². The molecule has 4 aromatic carbocycles. The van der Waals surface area contributed by atoms with E-state index in [1.54, 1.807) is 0 Å². The first kappa shape index (κ1) is 20.6. The van der Waals surface area contributed by atoms with E-state index in [0.717, 1.165) is 12.3 Å². The third-order valence-electron chi connectivity index (χ3n) is 6.81. The van der Waals surface area contributed by atoms with Crippen LogP contribution in [0.3, 0.4) is 0 Å². The van der Waals surface area contributed by atoms with Crippen LogP contribution in [0.2, 0.25) is 0 Å². The van der Waals surface area contributed by atoms with Gasteiger partial charge in [0.25, 0.3) is 0 Å². The molecule has 0 saturated carbocycles. The fourth-order valence-corrected chi connectivity index (χ4v) is 5.21. The van der Waals surface area contributed by atoms with Crippen LogP contribution in [0.25, 0.3) is 22.4 Å². The zero-order valence-corrected chi connectivity index (χ0v) is 19.5.